The Morgan fingerprint density at radius 1 is 1.38 bits per heavy atom. The third-order valence-corrected chi connectivity index (χ3v) is 5.10. The molecular weight excluding hydrogens is 222 g/mol. The Bertz CT molecular complexity index is 199. The molecule has 3 nitrogen and oxygen atoms in total. The summed E-state index contributed by atoms with van der Waals surface area (Å²) in [5.41, 5.74) is 0. The molecule has 0 heterocycles. The Balaban J connectivity index is 2.33. The molecule has 1 N–H and O–H groups in total. The van der Waals surface area contributed by atoms with Crippen molar-refractivity contribution in [3.8, 4) is 0 Å². The molecule has 1 aliphatic carbocycles. The zero-order valence-electron chi connectivity index (χ0n) is 10.5. The van der Waals surface area contributed by atoms with Crippen molar-refractivity contribution in [2.75, 3.05) is 26.0 Å². The highest BCUT2D eigenvalue weighted by Gasteiger charge is 2.22. The minimum atomic E-state index is -0.682. The Hall–Kier alpha value is 0.0700. The molecule has 0 aromatic heterocycles. The van der Waals surface area contributed by atoms with Crippen LogP contribution in [0.2, 0.25) is 0 Å². The molecule has 0 amide bonds. The maximum absolute atomic E-state index is 12.2. The lowest BCUT2D eigenvalue weighted by Crippen LogP contribution is -2.39. The topological polar surface area (TPSA) is 38.3 Å². The van der Waals surface area contributed by atoms with Crippen LogP contribution in [0.15, 0.2) is 0 Å². The second-order valence-electron chi connectivity index (χ2n) is 4.52. The first-order chi connectivity index (χ1) is 7.77. The molecule has 1 aliphatic rings. The fraction of sp³-hybridized carbons (Fsp3) is 1.00. The molecule has 0 aromatic carbocycles. The first-order valence-corrected chi connectivity index (χ1v) is 7.75. The summed E-state index contributed by atoms with van der Waals surface area (Å²) >= 11 is 0. The van der Waals surface area contributed by atoms with Crippen molar-refractivity contribution in [3.05, 3.63) is 0 Å². The molecule has 1 rings (SSSR count). The molecule has 0 bridgehead atoms. The standard InChI is InChI=1S/C12H25NO2S/c1-3-13-11(9-15-2)10-16(14)12-7-5-4-6-8-12/h11-13H,3-10H2,1-2H3. The fourth-order valence-electron chi connectivity index (χ4n) is 2.32. The average molecular weight is 247 g/mol. The monoisotopic (exact) mass is 247 g/mol. The minimum Gasteiger partial charge on any atom is -0.383 e. The van der Waals surface area contributed by atoms with E-state index in [0.717, 1.165) is 25.1 Å². The van der Waals surface area contributed by atoms with Gasteiger partial charge in [-0.1, -0.05) is 26.2 Å². The zero-order valence-corrected chi connectivity index (χ0v) is 11.4. The maximum atomic E-state index is 12.2. The van der Waals surface area contributed by atoms with E-state index < -0.39 is 10.8 Å². The van der Waals surface area contributed by atoms with Gasteiger partial charge in [-0.05, 0) is 19.4 Å². The van der Waals surface area contributed by atoms with Gasteiger partial charge < -0.3 is 10.1 Å². The quantitative estimate of drug-likeness (QED) is 0.744. The van der Waals surface area contributed by atoms with Gasteiger partial charge in [0.15, 0.2) is 0 Å². The average Bonchev–Trinajstić information content (AvgIpc) is 2.31. The van der Waals surface area contributed by atoms with E-state index in [4.69, 9.17) is 4.74 Å². The number of ether oxygens (including phenoxy) is 1. The summed E-state index contributed by atoms with van der Waals surface area (Å²) in [6.45, 7) is 3.65. The van der Waals surface area contributed by atoms with Crippen LogP contribution in [0.3, 0.4) is 0 Å². The van der Waals surface area contributed by atoms with Crippen LogP contribution in [0.5, 0.6) is 0 Å². The molecule has 1 fully saturated rings. The van der Waals surface area contributed by atoms with E-state index in [-0.39, 0.29) is 6.04 Å². The maximum Gasteiger partial charge on any atom is 0.0624 e. The van der Waals surface area contributed by atoms with Crippen molar-refractivity contribution in [1.29, 1.82) is 0 Å². The molecule has 96 valence electrons. The third-order valence-electron chi connectivity index (χ3n) is 3.15. The molecule has 0 radical (unpaired) electrons. The number of hydrogen-bond donors (Lipinski definition) is 1. The van der Waals surface area contributed by atoms with Gasteiger partial charge in [-0.25, -0.2) is 0 Å². The molecule has 0 spiro atoms. The normalized spacial score (nSPS) is 21.9. The summed E-state index contributed by atoms with van der Waals surface area (Å²) in [5, 5.41) is 3.77. The Kier molecular flexibility index (Phi) is 7.25. The molecule has 0 aliphatic heterocycles. The van der Waals surface area contributed by atoms with Gasteiger partial charge in [-0.15, -0.1) is 0 Å². The van der Waals surface area contributed by atoms with Gasteiger partial charge in [-0.2, -0.15) is 0 Å². The summed E-state index contributed by atoms with van der Waals surface area (Å²) in [4.78, 5) is 0. The number of likely N-dealkylation sites (N-methyl/N-ethyl adjacent to an activating group) is 1. The summed E-state index contributed by atoms with van der Waals surface area (Å²) in [7, 11) is 1.02. The van der Waals surface area contributed by atoms with Crippen LogP contribution in [-0.4, -0.2) is 41.5 Å². The summed E-state index contributed by atoms with van der Waals surface area (Å²) in [6.07, 6.45) is 6.14. The van der Waals surface area contributed by atoms with E-state index in [1.54, 1.807) is 7.11 Å². The van der Waals surface area contributed by atoms with Crippen molar-refractivity contribution in [1.82, 2.24) is 5.32 Å². The highest BCUT2D eigenvalue weighted by atomic mass is 32.2. The van der Waals surface area contributed by atoms with E-state index in [0.29, 0.717) is 11.9 Å². The smallest absolute Gasteiger partial charge is 0.0624 e. The van der Waals surface area contributed by atoms with Gasteiger partial charge in [-0.3, -0.25) is 4.21 Å². The number of hydrogen-bond acceptors (Lipinski definition) is 3. The fourth-order valence-corrected chi connectivity index (χ4v) is 4.06. The van der Waals surface area contributed by atoms with Crippen LogP contribution in [0.25, 0.3) is 0 Å². The van der Waals surface area contributed by atoms with Crippen molar-refractivity contribution in [3.63, 3.8) is 0 Å². The van der Waals surface area contributed by atoms with E-state index in [1.165, 1.54) is 19.3 Å². The van der Waals surface area contributed by atoms with Gasteiger partial charge in [0.25, 0.3) is 0 Å². The van der Waals surface area contributed by atoms with E-state index >= 15 is 0 Å². The van der Waals surface area contributed by atoms with Crippen molar-refractivity contribution in [2.24, 2.45) is 0 Å². The SMILES string of the molecule is CCNC(COC)CS(=O)C1CCCCC1. The Morgan fingerprint density at radius 2 is 2.06 bits per heavy atom. The Morgan fingerprint density at radius 3 is 2.62 bits per heavy atom. The predicted octanol–water partition coefficient (Wildman–Crippen LogP) is 1.69. The van der Waals surface area contributed by atoms with Crippen LogP contribution >= 0.6 is 0 Å². The van der Waals surface area contributed by atoms with E-state index in [1.807, 2.05) is 0 Å². The highest BCUT2D eigenvalue weighted by molar-refractivity contribution is 7.85. The van der Waals surface area contributed by atoms with Gasteiger partial charge in [0, 0.05) is 35.0 Å². The predicted molar refractivity (Wildman–Crippen MR) is 69.2 cm³/mol. The molecule has 2 unspecified atom stereocenters. The van der Waals surface area contributed by atoms with Crippen LogP contribution in [0.1, 0.15) is 39.0 Å². The van der Waals surface area contributed by atoms with Gasteiger partial charge >= 0.3 is 0 Å². The van der Waals surface area contributed by atoms with Gasteiger partial charge in [0.2, 0.25) is 0 Å². The lowest BCUT2D eigenvalue weighted by atomic mass is 10.0. The summed E-state index contributed by atoms with van der Waals surface area (Å²) in [5.74, 6) is 0.742. The number of nitrogens with one attached hydrogen (secondary N) is 1. The first-order valence-electron chi connectivity index (χ1n) is 6.37. The molecule has 4 heteroatoms. The van der Waals surface area contributed by atoms with E-state index in [9.17, 15) is 4.21 Å². The molecule has 1 saturated carbocycles. The van der Waals surface area contributed by atoms with Crippen molar-refractivity contribution in [2.45, 2.75) is 50.3 Å². The largest absolute Gasteiger partial charge is 0.383 e. The molecule has 0 aromatic rings. The molecule has 16 heavy (non-hydrogen) atoms. The van der Waals surface area contributed by atoms with Crippen LogP contribution in [-0.2, 0) is 15.5 Å². The van der Waals surface area contributed by atoms with Crippen molar-refractivity contribution < 1.29 is 8.95 Å². The van der Waals surface area contributed by atoms with Gasteiger partial charge in [0.05, 0.1) is 6.61 Å². The lowest BCUT2D eigenvalue weighted by Gasteiger charge is -2.24. The molecule has 2 atom stereocenters. The second kappa shape index (κ2) is 8.20. The lowest BCUT2D eigenvalue weighted by molar-refractivity contribution is 0.174. The van der Waals surface area contributed by atoms with Crippen molar-refractivity contribution >= 4 is 10.8 Å². The summed E-state index contributed by atoms with van der Waals surface area (Å²) < 4.78 is 17.3. The Labute approximate surface area is 102 Å². The third kappa shape index (κ3) is 4.93. The molecular formula is C12H25NO2S. The zero-order chi connectivity index (χ0) is 11.8. The van der Waals surface area contributed by atoms with Gasteiger partial charge in [0.1, 0.15) is 0 Å². The summed E-state index contributed by atoms with van der Waals surface area (Å²) in [6, 6.07) is 0.248. The van der Waals surface area contributed by atoms with Crippen LogP contribution < -0.4 is 5.32 Å². The van der Waals surface area contributed by atoms with Crippen LogP contribution in [0, 0.1) is 0 Å². The van der Waals surface area contributed by atoms with E-state index in [2.05, 4.69) is 12.2 Å². The number of rotatable bonds is 7. The second-order valence-corrected chi connectivity index (χ2v) is 6.28. The highest BCUT2D eigenvalue weighted by Crippen LogP contribution is 2.22. The number of methoxy groups -OCH3 is 1. The first kappa shape index (κ1) is 14.1. The minimum absolute atomic E-state index is 0.248. The van der Waals surface area contributed by atoms with Crippen LogP contribution in [0.4, 0.5) is 0 Å². The molecule has 0 saturated heterocycles.